The number of sulfonamides is 1. The molecule has 0 saturated carbocycles. The Morgan fingerprint density at radius 2 is 2.10 bits per heavy atom. The van der Waals surface area contributed by atoms with Crippen LogP contribution in [0.25, 0.3) is 11.0 Å². The molecule has 1 saturated heterocycles. The zero-order valence-electron chi connectivity index (χ0n) is 12.3. The second-order valence-corrected chi connectivity index (χ2v) is 7.67. The molecule has 3 rings (SSSR count). The van der Waals surface area contributed by atoms with E-state index in [2.05, 4.69) is 22.2 Å². The molecule has 2 N–H and O–H groups in total. The topological polar surface area (TPSA) is 78.1 Å². The van der Waals surface area contributed by atoms with Crippen LogP contribution in [-0.2, 0) is 10.0 Å². The first-order chi connectivity index (χ1) is 9.96. The molecule has 0 bridgehead atoms. The molecule has 0 aromatic carbocycles. The molecule has 0 aliphatic carbocycles. The summed E-state index contributed by atoms with van der Waals surface area (Å²) in [6.45, 7) is 3.20. The van der Waals surface area contributed by atoms with Crippen LogP contribution in [0.4, 0.5) is 0 Å². The Labute approximate surface area is 124 Å². The van der Waals surface area contributed by atoms with Crippen molar-refractivity contribution < 1.29 is 8.42 Å². The highest BCUT2D eigenvalue weighted by atomic mass is 32.2. The van der Waals surface area contributed by atoms with Gasteiger partial charge in [-0.1, -0.05) is 0 Å². The van der Waals surface area contributed by atoms with E-state index >= 15 is 0 Å². The van der Waals surface area contributed by atoms with Gasteiger partial charge in [0, 0.05) is 36.4 Å². The van der Waals surface area contributed by atoms with E-state index in [1.54, 1.807) is 28.8 Å². The third-order valence-electron chi connectivity index (χ3n) is 4.46. The van der Waals surface area contributed by atoms with Crippen LogP contribution in [-0.4, -0.2) is 48.4 Å². The number of hydrogen-bond acceptors (Lipinski definition) is 4. The van der Waals surface area contributed by atoms with Gasteiger partial charge < -0.3 is 10.3 Å². The minimum absolute atomic E-state index is 0.0216. The summed E-state index contributed by atoms with van der Waals surface area (Å²) in [6.07, 6.45) is 4.81. The zero-order chi connectivity index (χ0) is 15.1. The zero-order valence-corrected chi connectivity index (χ0v) is 13.1. The highest BCUT2D eigenvalue weighted by molar-refractivity contribution is 7.89. The third-order valence-corrected chi connectivity index (χ3v) is 6.40. The van der Waals surface area contributed by atoms with Gasteiger partial charge in [0.15, 0.2) is 0 Å². The molecule has 1 fully saturated rings. The minimum atomic E-state index is -3.47. The van der Waals surface area contributed by atoms with Crippen LogP contribution in [0.3, 0.4) is 0 Å². The first-order valence-corrected chi connectivity index (χ1v) is 8.51. The molecule has 0 amide bonds. The normalized spacial score (nSPS) is 19.9. The largest absolute Gasteiger partial charge is 0.345 e. The van der Waals surface area contributed by atoms with E-state index in [0.717, 1.165) is 12.8 Å². The van der Waals surface area contributed by atoms with Gasteiger partial charge in [0.2, 0.25) is 10.0 Å². The Morgan fingerprint density at radius 3 is 2.76 bits per heavy atom. The summed E-state index contributed by atoms with van der Waals surface area (Å²) in [5, 5.41) is 3.93. The summed E-state index contributed by atoms with van der Waals surface area (Å²) in [5.41, 5.74) is 0.626. The molecule has 2 aromatic rings. The molecule has 0 spiro atoms. The minimum Gasteiger partial charge on any atom is -0.345 e. The van der Waals surface area contributed by atoms with Gasteiger partial charge in [0.25, 0.3) is 0 Å². The molecular weight excluding hydrogens is 288 g/mol. The Kier molecular flexibility index (Phi) is 3.51. The number of aromatic amines is 1. The summed E-state index contributed by atoms with van der Waals surface area (Å²) in [5.74, 6) is 0. The number of hydrogen-bond donors (Lipinski definition) is 2. The van der Waals surface area contributed by atoms with Crippen molar-refractivity contribution in [3.8, 4) is 0 Å². The van der Waals surface area contributed by atoms with Gasteiger partial charge in [0.1, 0.15) is 10.5 Å². The first-order valence-electron chi connectivity index (χ1n) is 7.07. The van der Waals surface area contributed by atoms with E-state index in [4.69, 9.17) is 0 Å². The highest BCUT2D eigenvalue weighted by Gasteiger charge is 2.35. The maximum absolute atomic E-state index is 12.8. The van der Waals surface area contributed by atoms with Crippen molar-refractivity contribution in [2.45, 2.75) is 30.2 Å². The van der Waals surface area contributed by atoms with Crippen LogP contribution in [0.1, 0.15) is 19.8 Å². The lowest BCUT2D eigenvalue weighted by Gasteiger charge is -2.38. The van der Waals surface area contributed by atoms with Crippen LogP contribution >= 0.6 is 0 Å². The van der Waals surface area contributed by atoms with Crippen LogP contribution < -0.4 is 5.32 Å². The van der Waals surface area contributed by atoms with Crippen molar-refractivity contribution in [1.29, 1.82) is 0 Å². The smallest absolute Gasteiger partial charge is 0.245 e. The van der Waals surface area contributed by atoms with Crippen molar-refractivity contribution in [2.75, 3.05) is 20.1 Å². The third kappa shape index (κ3) is 2.45. The first kappa shape index (κ1) is 14.5. The van der Waals surface area contributed by atoms with Crippen molar-refractivity contribution in [3.63, 3.8) is 0 Å². The number of rotatable bonds is 3. The molecule has 2 aromatic heterocycles. The van der Waals surface area contributed by atoms with Gasteiger partial charge in [-0.15, -0.1) is 0 Å². The lowest BCUT2D eigenvalue weighted by molar-refractivity contribution is 0.220. The van der Waals surface area contributed by atoms with Gasteiger partial charge in [-0.2, -0.15) is 4.31 Å². The van der Waals surface area contributed by atoms with Crippen LogP contribution in [0.5, 0.6) is 0 Å². The fraction of sp³-hybridized carbons (Fsp3) is 0.500. The summed E-state index contributed by atoms with van der Waals surface area (Å²) < 4.78 is 27.2. The van der Waals surface area contributed by atoms with Gasteiger partial charge in [-0.3, -0.25) is 0 Å². The predicted molar refractivity (Wildman–Crippen MR) is 81.6 cm³/mol. The number of nitrogens with zero attached hydrogens (tertiary/aromatic N) is 2. The molecule has 1 aliphatic rings. The number of H-pyrrole nitrogens is 1. The fourth-order valence-corrected chi connectivity index (χ4v) is 4.35. The van der Waals surface area contributed by atoms with Crippen molar-refractivity contribution in [2.24, 2.45) is 0 Å². The summed E-state index contributed by atoms with van der Waals surface area (Å²) in [6, 6.07) is 3.54. The Hall–Kier alpha value is -1.44. The van der Waals surface area contributed by atoms with Gasteiger partial charge in [-0.25, -0.2) is 13.4 Å². The molecular formula is C14H20N4O2S. The molecule has 0 radical (unpaired) electrons. The average Bonchev–Trinajstić information content (AvgIpc) is 2.92. The average molecular weight is 308 g/mol. The van der Waals surface area contributed by atoms with Crippen LogP contribution in [0, 0.1) is 0 Å². The maximum atomic E-state index is 12.8. The van der Waals surface area contributed by atoms with E-state index in [-0.39, 0.29) is 5.54 Å². The second kappa shape index (κ2) is 5.08. The summed E-state index contributed by atoms with van der Waals surface area (Å²) in [4.78, 5) is 7.40. The van der Waals surface area contributed by atoms with Crippen LogP contribution in [0.2, 0.25) is 0 Å². The Balaban J connectivity index is 1.91. The standard InChI is InChI=1S/C14H20N4O2S/c1-14(15-2)5-8-18(9-6-14)21(19,20)12-10-17-13-11(12)4-3-7-16-13/h3-4,7,10,15H,5-6,8-9H2,1-2H3,(H,16,17). The summed E-state index contributed by atoms with van der Waals surface area (Å²) in [7, 11) is -1.54. The van der Waals surface area contributed by atoms with Gasteiger partial charge in [-0.05, 0) is 38.9 Å². The highest BCUT2D eigenvalue weighted by Crippen LogP contribution is 2.29. The number of pyridine rings is 1. The second-order valence-electron chi connectivity index (χ2n) is 5.77. The molecule has 7 heteroatoms. The fourth-order valence-electron chi connectivity index (χ4n) is 2.75. The predicted octanol–water partition coefficient (Wildman–Crippen LogP) is 1.33. The van der Waals surface area contributed by atoms with E-state index in [0.29, 0.717) is 29.0 Å². The van der Waals surface area contributed by atoms with Gasteiger partial charge in [0.05, 0.1) is 0 Å². The molecule has 6 nitrogen and oxygen atoms in total. The number of nitrogens with one attached hydrogen (secondary N) is 2. The van der Waals surface area contributed by atoms with Gasteiger partial charge >= 0.3 is 0 Å². The van der Waals surface area contributed by atoms with Crippen molar-refractivity contribution >= 4 is 21.1 Å². The summed E-state index contributed by atoms with van der Waals surface area (Å²) >= 11 is 0. The maximum Gasteiger partial charge on any atom is 0.245 e. The SMILES string of the molecule is CNC1(C)CCN(S(=O)(=O)c2c[nH]c3ncccc23)CC1. The molecule has 0 unspecified atom stereocenters. The lowest BCUT2D eigenvalue weighted by atomic mass is 9.91. The van der Waals surface area contributed by atoms with Crippen molar-refractivity contribution in [3.05, 3.63) is 24.5 Å². The van der Waals surface area contributed by atoms with E-state index in [1.165, 1.54) is 0 Å². The lowest BCUT2D eigenvalue weighted by Crippen LogP contribution is -2.51. The van der Waals surface area contributed by atoms with E-state index in [9.17, 15) is 8.42 Å². The molecule has 21 heavy (non-hydrogen) atoms. The molecule has 114 valence electrons. The molecule has 0 atom stereocenters. The number of piperidine rings is 1. The molecule has 3 heterocycles. The van der Waals surface area contributed by atoms with E-state index in [1.807, 2.05) is 7.05 Å². The Bertz CT molecular complexity index is 745. The van der Waals surface area contributed by atoms with Crippen molar-refractivity contribution in [1.82, 2.24) is 19.6 Å². The quantitative estimate of drug-likeness (QED) is 0.896. The monoisotopic (exact) mass is 308 g/mol. The molecule has 1 aliphatic heterocycles. The van der Waals surface area contributed by atoms with E-state index < -0.39 is 10.0 Å². The number of aromatic nitrogens is 2. The number of fused-ring (bicyclic) bond motifs is 1. The Morgan fingerprint density at radius 1 is 1.38 bits per heavy atom. The van der Waals surface area contributed by atoms with Crippen LogP contribution in [0.15, 0.2) is 29.4 Å².